The van der Waals surface area contributed by atoms with E-state index in [0.29, 0.717) is 36.6 Å². The highest BCUT2D eigenvalue weighted by atomic mass is 16.5. The van der Waals surface area contributed by atoms with Gasteiger partial charge in [0.2, 0.25) is 5.78 Å². The van der Waals surface area contributed by atoms with Crippen molar-refractivity contribution < 1.29 is 4.74 Å². The van der Waals surface area contributed by atoms with Gasteiger partial charge in [0, 0.05) is 32.0 Å². The third-order valence-corrected chi connectivity index (χ3v) is 6.73. The van der Waals surface area contributed by atoms with Gasteiger partial charge >= 0.3 is 5.69 Å². The molecular formula is C24H30N6O3. The number of ether oxygens (including phenoxy) is 1. The molecule has 1 fully saturated rings. The maximum absolute atomic E-state index is 13.4. The van der Waals surface area contributed by atoms with Crippen LogP contribution in [0.1, 0.15) is 30.5 Å². The van der Waals surface area contributed by atoms with E-state index in [1.54, 1.807) is 14.2 Å². The number of hydrogen-bond donors (Lipinski definition) is 0. The van der Waals surface area contributed by atoms with Crippen molar-refractivity contribution in [3.8, 4) is 5.75 Å². The zero-order valence-corrected chi connectivity index (χ0v) is 19.5. The lowest BCUT2D eigenvalue weighted by Crippen LogP contribution is -2.43. The maximum Gasteiger partial charge on any atom is 0.332 e. The van der Waals surface area contributed by atoms with Crippen molar-refractivity contribution >= 4 is 16.9 Å². The number of nitrogens with zero attached hydrogens (tertiary/aromatic N) is 6. The van der Waals surface area contributed by atoms with Crippen molar-refractivity contribution in [2.24, 2.45) is 7.05 Å². The molecule has 174 valence electrons. The van der Waals surface area contributed by atoms with E-state index in [9.17, 15) is 9.59 Å². The lowest BCUT2D eigenvalue weighted by Gasteiger charge is -2.26. The Hall–Kier alpha value is -3.33. The van der Waals surface area contributed by atoms with E-state index in [-0.39, 0.29) is 11.2 Å². The molecule has 0 bridgehead atoms. The molecule has 0 unspecified atom stereocenters. The first-order chi connectivity index (χ1) is 16.0. The van der Waals surface area contributed by atoms with Gasteiger partial charge in [0.25, 0.3) is 5.56 Å². The van der Waals surface area contributed by atoms with Crippen LogP contribution >= 0.6 is 0 Å². The van der Waals surface area contributed by atoms with Gasteiger partial charge in [0.05, 0.1) is 13.7 Å². The Morgan fingerprint density at radius 3 is 2.42 bits per heavy atom. The minimum atomic E-state index is -0.316. The SMILES string of the molecule is COc1ccc(Cn2c(C)cn3c4c(=O)n(CCN5CCCCC5)c(=O)n(C)c4nc23)cc1. The molecule has 33 heavy (non-hydrogen) atoms. The molecule has 3 aromatic heterocycles. The first-order valence-corrected chi connectivity index (χ1v) is 11.5. The number of rotatable bonds is 6. The van der Waals surface area contributed by atoms with Gasteiger partial charge in [-0.15, -0.1) is 0 Å². The molecule has 0 amide bonds. The molecule has 1 aromatic carbocycles. The smallest absolute Gasteiger partial charge is 0.332 e. The fourth-order valence-electron chi connectivity index (χ4n) is 4.79. The van der Waals surface area contributed by atoms with Crippen molar-refractivity contribution in [2.45, 2.75) is 39.3 Å². The predicted molar refractivity (Wildman–Crippen MR) is 127 cm³/mol. The second-order valence-corrected chi connectivity index (χ2v) is 8.86. The standard InChI is InChI=1S/C24H30N6O3/c1-17-15-30-20-21(25-23(30)29(17)16-18-7-9-19(33-3)10-8-18)26(2)24(32)28(22(20)31)14-13-27-11-5-4-6-12-27/h7-10,15H,4-6,11-14,16H2,1-3H3. The van der Waals surface area contributed by atoms with Gasteiger partial charge in [-0.3, -0.25) is 18.3 Å². The van der Waals surface area contributed by atoms with Gasteiger partial charge in [-0.1, -0.05) is 18.6 Å². The molecule has 0 N–H and O–H groups in total. The molecule has 0 radical (unpaired) electrons. The van der Waals surface area contributed by atoms with Gasteiger partial charge in [-0.05, 0) is 50.6 Å². The average molecular weight is 451 g/mol. The van der Waals surface area contributed by atoms with Crippen LogP contribution in [0.3, 0.4) is 0 Å². The number of benzene rings is 1. The highest BCUT2D eigenvalue weighted by molar-refractivity contribution is 5.75. The van der Waals surface area contributed by atoms with E-state index in [4.69, 9.17) is 9.72 Å². The highest BCUT2D eigenvalue weighted by Gasteiger charge is 2.21. The van der Waals surface area contributed by atoms with E-state index < -0.39 is 0 Å². The van der Waals surface area contributed by atoms with E-state index in [0.717, 1.165) is 30.1 Å². The Morgan fingerprint density at radius 2 is 1.73 bits per heavy atom. The van der Waals surface area contributed by atoms with Crippen molar-refractivity contribution in [2.75, 3.05) is 26.7 Å². The summed E-state index contributed by atoms with van der Waals surface area (Å²) < 4.78 is 12.0. The van der Waals surface area contributed by atoms with E-state index >= 15 is 0 Å². The van der Waals surface area contributed by atoms with Gasteiger partial charge in [-0.25, -0.2) is 4.79 Å². The number of aromatic nitrogens is 5. The van der Waals surface area contributed by atoms with Crippen LogP contribution in [0.5, 0.6) is 5.75 Å². The zero-order chi connectivity index (χ0) is 23.1. The highest BCUT2D eigenvalue weighted by Crippen LogP contribution is 2.19. The second kappa shape index (κ2) is 8.55. The lowest BCUT2D eigenvalue weighted by atomic mass is 10.1. The van der Waals surface area contributed by atoms with Crippen molar-refractivity contribution in [3.63, 3.8) is 0 Å². The number of aryl methyl sites for hydroxylation is 2. The maximum atomic E-state index is 13.4. The van der Waals surface area contributed by atoms with Crippen LogP contribution in [-0.2, 0) is 20.1 Å². The number of methoxy groups -OCH3 is 1. The average Bonchev–Trinajstić information content (AvgIpc) is 3.34. The first-order valence-electron chi connectivity index (χ1n) is 11.5. The van der Waals surface area contributed by atoms with E-state index in [1.807, 2.05) is 41.8 Å². The van der Waals surface area contributed by atoms with Crippen molar-refractivity contribution in [1.29, 1.82) is 0 Å². The molecule has 0 atom stereocenters. The third-order valence-electron chi connectivity index (χ3n) is 6.73. The molecule has 1 aliphatic heterocycles. The summed E-state index contributed by atoms with van der Waals surface area (Å²) in [4.78, 5) is 33.5. The van der Waals surface area contributed by atoms with E-state index in [1.165, 1.54) is 28.4 Å². The van der Waals surface area contributed by atoms with Crippen LogP contribution in [0.15, 0.2) is 40.1 Å². The van der Waals surface area contributed by atoms with Gasteiger partial charge in [-0.2, -0.15) is 4.98 Å². The van der Waals surface area contributed by atoms with Crippen LogP contribution in [0.25, 0.3) is 16.9 Å². The summed E-state index contributed by atoms with van der Waals surface area (Å²) >= 11 is 0. The molecule has 9 nitrogen and oxygen atoms in total. The number of piperidine rings is 1. The minimum absolute atomic E-state index is 0.279. The third kappa shape index (κ3) is 3.76. The molecule has 0 aliphatic carbocycles. The summed E-state index contributed by atoms with van der Waals surface area (Å²) in [6.45, 7) is 5.76. The van der Waals surface area contributed by atoms with Gasteiger partial charge < -0.3 is 14.2 Å². The predicted octanol–water partition coefficient (Wildman–Crippen LogP) is 2.00. The molecule has 1 saturated heterocycles. The fraction of sp³-hybridized carbons (Fsp3) is 0.458. The number of hydrogen-bond acceptors (Lipinski definition) is 5. The number of likely N-dealkylation sites (tertiary alicyclic amines) is 1. The van der Waals surface area contributed by atoms with Crippen LogP contribution in [-0.4, -0.2) is 54.7 Å². The zero-order valence-electron chi connectivity index (χ0n) is 19.5. The summed E-state index contributed by atoms with van der Waals surface area (Å²) in [6.07, 6.45) is 5.53. The lowest BCUT2D eigenvalue weighted by molar-refractivity contribution is 0.218. The largest absolute Gasteiger partial charge is 0.497 e. The molecule has 0 saturated carbocycles. The van der Waals surface area contributed by atoms with Gasteiger partial charge in [0.1, 0.15) is 5.75 Å². The molecule has 5 rings (SSSR count). The Kier molecular flexibility index (Phi) is 5.57. The number of fused-ring (bicyclic) bond motifs is 3. The molecule has 4 aromatic rings. The normalized spacial score (nSPS) is 15.0. The summed E-state index contributed by atoms with van der Waals surface area (Å²) in [5.41, 5.74) is 2.35. The molecule has 4 heterocycles. The van der Waals surface area contributed by atoms with Crippen LogP contribution in [0.2, 0.25) is 0 Å². The minimum Gasteiger partial charge on any atom is -0.497 e. The van der Waals surface area contributed by atoms with Crippen molar-refractivity contribution in [1.82, 2.24) is 28.0 Å². The van der Waals surface area contributed by atoms with Crippen molar-refractivity contribution in [3.05, 3.63) is 62.6 Å². The Labute approximate surface area is 191 Å². The monoisotopic (exact) mass is 450 g/mol. The topological polar surface area (TPSA) is 78.7 Å². The Bertz CT molecular complexity index is 1420. The van der Waals surface area contributed by atoms with Crippen LogP contribution in [0, 0.1) is 6.92 Å². The summed E-state index contributed by atoms with van der Waals surface area (Å²) in [5, 5.41) is 0. The molecule has 9 heteroatoms. The summed E-state index contributed by atoms with van der Waals surface area (Å²) in [7, 11) is 3.34. The molecule has 0 spiro atoms. The Balaban J connectivity index is 1.56. The molecule has 1 aliphatic rings. The number of imidazole rings is 2. The summed E-state index contributed by atoms with van der Waals surface area (Å²) in [6, 6.07) is 7.89. The second-order valence-electron chi connectivity index (χ2n) is 8.86. The van der Waals surface area contributed by atoms with Gasteiger partial charge in [0.15, 0.2) is 11.2 Å². The van der Waals surface area contributed by atoms with E-state index in [2.05, 4.69) is 9.47 Å². The first kappa shape index (κ1) is 21.5. The van der Waals surface area contributed by atoms with Crippen LogP contribution < -0.4 is 16.0 Å². The summed E-state index contributed by atoms with van der Waals surface area (Å²) in [5.74, 6) is 1.46. The van der Waals surface area contributed by atoms with Crippen LogP contribution in [0.4, 0.5) is 0 Å². The quantitative estimate of drug-likeness (QED) is 0.449. The Morgan fingerprint density at radius 1 is 1.00 bits per heavy atom. The molecular weight excluding hydrogens is 420 g/mol. The fourth-order valence-corrected chi connectivity index (χ4v) is 4.79.